The summed E-state index contributed by atoms with van der Waals surface area (Å²) in [6.45, 7) is 0. The Kier molecular flexibility index (Phi) is 2.66. The lowest BCUT2D eigenvalue weighted by Crippen LogP contribution is -1.99. The molecule has 2 heterocycles. The minimum Gasteiger partial charge on any atom is -0.382 e. The molecule has 1 fully saturated rings. The third-order valence-electron chi connectivity index (χ3n) is 3.58. The molecule has 0 unspecified atom stereocenters. The zero-order chi connectivity index (χ0) is 11.7. The van der Waals surface area contributed by atoms with Crippen molar-refractivity contribution in [3.05, 3.63) is 12.2 Å². The van der Waals surface area contributed by atoms with E-state index in [2.05, 4.69) is 19.9 Å². The van der Waals surface area contributed by atoms with Crippen LogP contribution in [-0.4, -0.2) is 19.9 Å². The van der Waals surface area contributed by atoms with Gasteiger partial charge in [0, 0.05) is 5.92 Å². The van der Waals surface area contributed by atoms with Crippen LogP contribution in [-0.2, 0) is 0 Å². The number of nitrogens with one attached hydrogen (secondary N) is 1. The smallest absolute Gasteiger partial charge is 0.183 e. The summed E-state index contributed by atoms with van der Waals surface area (Å²) in [5.41, 5.74) is 7.28. The van der Waals surface area contributed by atoms with E-state index in [1.54, 1.807) is 0 Å². The van der Waals surface area contributed by atoms with Crippen molar-refractivity contribution >= 4 is 17.0 Å². The quantitative estimate of drug-likeness (QED) is 0.738. The van der Waals surface area contributed by atoms with E-state index in [4.69, 9.17) is 5.73 Å². The first-order chi connectivity index (χ1) is 8.34. The first kappa shape index (κ1) is 10.5. The zero-order valence-electron chi connectivity index (χ0n) is 9.82. The number of imidazole rings is 1. The molecule has 1 saturated carbocycles. The molecule has 0 saturated heterocycles. The van der Waals surface area contributed by atoms with E-state index in [0.29, 0.717) is 17.4 Å². The van der Waals surface area contributed by atoms with Crippen molar-refractivity contribution in [1.82, 2.24) is 19.9 Å². The van der Waals surface area contributed by atoms with Crippen molar-refractivity contribution in [2.75, 3.05) is 5.73 Å². The number of anilines is 1. The molecule has 0 amide bonds. The number of aromatic nitrogens is 4. The van der Waals surface area contributed by atoms with Gasteiger partial charge in [-0.2, -0.15) is 0 Å². The summed E-state index contributed by atoms with van der Waals surface area (Å²) in [6, 6.07) is 0. The fourth-order valence-corrected chi connectivity index (χ4v) is 2.61. The molecule has 0 bridgehead atoms. The number of nitrogens with two attached hydrogens (primary N) is 1. The van der Waals surface area contributed by atoms with Crippen LogP contribution in [0.25, 0.3) is 11.2 Å². The molecule has 1 aliphatic rings. The largest absolute Gasteiger partial charge is 0.382 e. The normalized spacial score (nSPS) is 18.4. The Labute approximate surface area is 99.9 Å². The monoisotopic (exact) mass is 231 g/mol. The molecule has 0 aliphatic heterocycles. The van der Waals surface area contributed by atoms with Crippen molar-refractivity contribution in [3.63, 3.8) is 0 Å². The average molecular weight is 231 g/mol. The number of hydrogen-bond acceptors (Lipinski definition) is 4. The summed E-state index contributed by atoms with van der Waals surface area (Å²) in [6.07, 6.45) is 9.18. The highest BCUT2D eigenvalue weighted by Crippen LogP contribution is 2.31. The van der Waals surface area contributed by atoms with E-state index < -0.39 is 0 Å². The highest BCUT2D eigenvalue weighted by Gasteiger charge is 2.18. The Morgan fingerprint density at radius 1 is 1.12 bits per heavy atom. The van der Waals surface area contributed by atoms with Crippen LogP contribution in [0.4, 0.5) is 5.82 Å². The molecule has 0 aromatic carbocycles. The molecule has 0 atom stereocenters. The van der Waals surface area contributed by atoms with E-state index in [1.165, 1.54) is 44.9 Å². The van der Waals surface area contributed by atoms with Gasteiger partial charge in [0.1, 0.15) is 17.7 Å². The van der Waals surface area contributed by atoms with Gasteiger partial charge < -0.3 is 10.7 Å². The van der Waals surface area contributed by atoms with Gasteiger partial charge in [0.25, 0.3) is 0 Å². The molecule has 3 N–H and O–H groups in total. The standard InChI is InChI=1S/C12H17N5/c13-10-9-12(15-7-14-10)17-11(16-9)8-5-3-1-2-4-6-8/h7-8H,1-6H2,(H3,13,14,15,16,17). The van der Waals surface area contributed by atoms with Gasteiger partial charge in [0.05, 0.1) is 0 Å². The number of nitrogen functional groups attached to an aromatic ring is 1. The number of rotatable bonds is 1. The van der Waals surface area contributed by atoms with Crippen molar-refractivity contribution in [2.24, 2.45) is 0 Å². The fraction of sp³-hybridized carbons (Fsp3) is 0.583. The molecule has 17 heavy (non-hydrogen) atoms. The number of nitrogens with zero attached hydrogens (tertiary/aromatic N) is 3. The van der Waals surface area contributed by atoms with E-state index in [0.717, 1.165) is 11.3 Å². The number of fused-ring (bicyclic) bond motifs is 1. The lowest BCUT2D eigenvalue weighted by atomic mass is 10.00. The minimum absolute atomic E-state index is 0.488. The number of H-pyrrole nitrogens is 1. The maximum atomic E-state index is 5.81. The molecular formula is C12H17N5. The van der Waals surface area contributed by atoms with E-state index in [-0.39, 0.29) is 0 Å². The minimum atomic E-state index is 0.488. The molecule has 0 spiro atoms. The van der Waals surface area contributed by atoms with Gasteiger partial charge in [-0.15, -0.1) is 0 Å². The molecule has 3 rings (SSSR count). The van der Waals surface area contributed by atoms with Crippen LogP contribution in [0.1, 0.15) is 50.3 Å². The Morgan fingerprint density at radius 2 is 1.88 bits per heavy atom. The van der Waals surface area contributed by atoms with Crippen LogP contribution < -0.4 is 5.73 Å². The SMILES string of the molecule is Nc1ncnc2nc(C3CCCCCC3)[nH]c12. The second-order valence-electron chi connectivity index (χ2n) is 4.77. The summed E-state index contributed by atoms with van der Waals surface area (Å²) < 4.78 is 0. The first-order valence-electron chi connectivity index (χ1n) is 6.30. The van der Waals surface area contributed by atoms with Crippen LogP contribution in [0.2, 0.25) is 0 Å². The van der Waals surface area contributed by atoms with Gasteiger partial charge in [-0.05, 0) is 12.8 Å². The van der Waals surface area contributed by atoms with Crippen molar-refractivity contribution in [1.29, 1.82) is 0 Å². The predicted molar refractivity (Wildman–Crippen MR) is 66.5 cm³/mol. The summed E-state index contributed by atoms with van der Waals surface area (Å²) in [7, 11) is 0. The maximum absolute atomic E-state index is 5.81. The van der Waals surface area contributed by atoms with E-state index in [1.807, 2.05) is 0 Å². The molecule has 0 radical (unpaired) electrons. The summed E-state index contributed by atoms with van der Waals surface area (Å²) in [5, 5.41) is 0. The Balaban J connectivity index is 1.96. The Morgan fingerprint density at radius 3 is 2.59 bits per heavy atom. The van der Waals surface area contributed by atoms with Crippen LogP contribution >= 0.6 is 0 Å². The molecule has 1 aliphatic carbocycles. The number of hydrogen-bond donors (Lipinski definition) is 2. The van der Waals surface area contributed by atoms with Crippen LogP contribution in [0.15, 0.2) is 6.33 Å². The Hall–Kier alpha value is -1.65. The van der Waals surface area contributed by atoms with Crippen molar-refractivity contribution in [2.45, 2.75) is 44.4 Å². The summed E-state index contributed by atoms with van der Waals surface area (Å²) in [4.78, 5) is 16.0. The van der Waals surface area contributed by atoms with Crippen LogP contribution in [0.3, 0.4) is 0 Å². The molecule has 5 nitrogen and oxygen atoms in total. The molecule has 90 valence electrons. The van der Waals surface area contributed by atoms with Crippen LogP contribution in [0.5, 0.6) is 0 Å². The summed E-state index contributed by atoms with van der Waals surface area (Å²) in [5.74, 6) is 2.06. The van der Waals surface area contributed by atoms with Crippen molar-refractivity contribution < 1.29 is 0 Å². The number of aromatic amines is 1. The highest BCUT2D eigenvalue weighted by atomic mass is 15.0. The van der Waals surface area contributed by atoms with Crippen molar-refractivity contribution in [3.8, 4) is 0 Å². The van der Waals surface area contributed by atoms with Gasteiger partial charge in [-0.1, -0.05) is 25.7 Å². The van der Waals surface area contributed by atoms with Crippen LogP contribution in [0, 0.1) is 0 Å². The topological polar surface area (TPSA) is 80.5 Å². The maximum Gasteiger partial charge on any atom is 0.183 e. The third-order valence-corrected chi connectivity index (χ3v) is 3.58. The Bertz CT molecular complexity index is 511. The van der Waals surface area contributed by atoms with Gasteiger partial charge in [-0.3, -0.25) is 0 Å². The molecular weight excluding hydrogens is 214 g/mol. The molecule has 2 aromatic heterocycles. The second-order valence-corrected chi connectivity index (χ2v) is 4.77. The fourth-order valence-electron chi connectivity index (χ4n) is 2.61. The zero-order valence-corrected chi connectivity index (χ0v) is 9.82. The summed E-state index contributed by atoms with van der Waals surface area (Å²) >= 11 is 0. The highest BCUT2D eigenvalue weighted by molar-refractivity contribution is 5.81. The van der Waals surface area contributed by atoms with Gasteiger partial charge in [-0.25, -0.2) is 15.0 Å². The van der Waals surface area contributed by atoms with E-state index >= 15 is 0 Å². The molecule has 5 heteroatoms. The van der Waals surface area contributed by atoms with Gasteiger partial charge in [0.2, 0.25) is 0 Å². The average Bonchev–Trinajstić information content (AvgIpc) is 2.59. The lowest BCUT2D eigenvalue weighted by molar-refractivity contribution is 0.567. The lowest BCUT2D eigenvalue weighted by Gasteiger charge is -2.09. The third kappa shape index (κ3) is 1.97. The second kappa shape index (κ2) is 4.31. The van der Waals surface area contributed by atoms with Gasteiger partial charge in [0.15, 0.2) is 11.5 Å². The molecule has 2 aromatic rings. The van der Waals surface area contributed by atoms with E-state index in [9.17, 15) is 0 Å². The predicted octanol–water partition coefficient (Wildman–Crippen LogP) is 2.37. The first-order valence-corrected chi connectivity index (χ1v) is 6.30. The van der Waals surface area contributed by atoms with Gasteiger partial charge >= 0.3 is 0 Å².